The average Bonchev–Trinajstić information content (AvgIpc) is 3.01. The fourth-order valence-electron chi connectivity index (χ4n) is 7.31. The van der Waals surface area contributed by atoms with Gasteiger partial charge >= 0.3 is 6.09 Å². The number of carbonyl (C=O) groups is 1. The highest BCUT2D eigenvalue weighted by Crippen LogP contribution is 2.46. The van der Waals surface area contributed by atoms with Gasteiger partial charge in [0.05, 0.1) is 12.2 Å². The van der Waals surface area contributed by atoms with Gasteiger partial charge < -0.3 is 24.4 Å². The first-order valence-electron chi connectivity index (χ1n) is 16.5. The molecule has 4 heterocycles. The van der Waals surface area contributed by atoms with E-state index in [1.165, 1.54) is 64.5 Å². The summed E-state index contributed by atoms with van der Waals surface area (Å²) in [4.78, 5) is 22.1. The van der Waals surface area contributed by atoms with E-state index in [4.69, 9.17) is 14.2 Å². The number of ether oxygens (including phenoxy) is 3. The van der Waals surface area contributed by atoms with Gasteiger partial charge in [0.25, 0.3) is 0 Å². The Bertz CT molecular complexity index is 1120. The fraction of sp³-hybridized carbons (Fsp3) is 0.686. The number of carbonyl (C=O) groups excluding carboxylic acids is 1. The third-order valence-corrected chi connectivity index (χ3v) is 10.0. The predicted molar refractivity (Wildman–Crippen MR) is 183 cm³/mol. The van der Waals surface area contributed by atoms with E-state index in [-0.39, 0.29) is 30.9 Å². The number of likely N-dealkylation sites (tertiary alicyclic amines) is 1. The van der Waals surface area contributed by atoms with Crippen molar-refractivity contribution in [3.63, 3.8) is 0 Å². The SMILES string of the molecule is CC(C)(C)OC(=O)N1CCC2(CCC(Oc3ccncc3)CC2)CC1.Cl.Cl.c1cc(OC2CCC3(CCNCC3)CC2)ccn1. The number of pyridine rings is 2. The van der Waals surface area contributed by atoms with Crippen molar-refractivity contribution in [3.05, 3.63) is 49.1 Å². The average molecular weight is 666 g/mol. The molecule has 0 atom stereocenters. The lowest BCUT2D eigenvalue weighted by Gasteiger charge is -2.45. The molecular weight excluding hydrogens is 611 g/mol. The number of nitrogens with one attached hydrogen (secondary N) is 1. The fourth-order valence-corrected chi connectivity index (χ4v) is 7.31. The van der Waals surface area contributed by atoms with Gasteiger partial charge in [0.1, 0.15) is 17.1 Å². The van der Waals surface area contributed by atoms with Crippen molar-refractivity contribution in [3.8, 4) is 11.5 Å². The van der Waals surface area contributed by atoms with Gasteiger partial charge in [-0.25, -0.2) is 4.79 Å². The topological polar surface area (TPSA) is 85.8 Å². The number of hydrogen-bond donors (Lipinski definition) is 1. The summed E-state index contributed by atoms with van der Waals surface area (Å²) in [6, 6.07) is 7.75. The number of halogens is 2. The third-order valence-electron chi connectivity index (χ3n) is 10.0. The summed E-state index contributed by atoms with van der Waals surface area (Å²) >= 11 is 0. The Balaban J connectivity index is 0.000000246. The molecule has 2 aromatic heterocycles. The van der Waals surface area contributed by atoms with Crippen molar-refractivity contribution >= 4 is 30.9 Å². The Kier molecular flexibility index (Phi) is 14.1. The van der Waals surface area contributed by atoms with E-state index in [2.05, 4.69) is 15.3 Å². The Morgan fingerprint density at radius 1 is 0.711 bits per heavy atom. The minimum absolute atomic E-state index is 0. The first kappa shape index (κ1) is 37.2. The Hall–Kier alpha value is -2.29. The first-order chi connectivity index (χ1) is 20.7. The van der Waals surface area contributed by atoms with Gasteiger partial charge in [0.15, 0.2) is 0 Å². The molecule has 2 aromatic rings. The summed E-state index contributed by atoms with van der Waals surface area (Å²) < 4.78 is 17.6. The molecule has 1 N–H and O–H groups in total. The highest BCUT2D eigenvalue weighted by Gasteiger charge is 2.40. The van der Waals surface area contributed by atoms with Crippen LogP contribution in [0.2, 0.25) is 0 Å². The molecule has 2 spiro atoms. The van der Waals surface area contributed by atoms with Crippen molar-refractivity contribution in [2.24, 2.45) is 10.8 Å². The maximum Gasteiger partial charge on any atom is 0.410 e. The number of aromatic nitrogens is 2. The van der Waals surface area contributed by atoms with Crippen molar-refractivity contribution in [2.75, 3.05) is 26.2 Å². The molecule has 252 valence electrons. The molecule has 10 heteroatoms. The van der Waals surface area contributed by atoms with E-state index in [0.29, 0.717) is 23.0 Å². The number of hydrogen-bond acceptors (Lipinski definition) is 7. The Morgan fingerprint density at radius 2 is 1.11 bits per heavy atom. The highest BCUT2D eigenvalue weighted by atomic mass is 35.5. The first-order valence-corrected chi connectivity index (χ1v) is 16.5. The van der Waals surface area contributed by atoms with Crippen LogP contribution in [0.25, 0.3) is 0 Å². The van der Waals surface area contributed by atoms with Crippen molar-refractivity contribution < 1.29 is 19.0 Å². The highest BCUT2D eigenvalue weighted by molar-refractivity contribution is 5.85. The van der Waals surface area contributed by atoms with Crippen LogP contribution in [-0.4, -0.2) is 64.9 Å². The molecule has 0 aromatic carbocycles. The lowest BCUT2D eigenvalue weighted by Crippen LogP contribution is -2.46. The molecule has 0 unspecified atom stereocenters. The molecule has 2 saturated carbocycles. The van der Waals surface area contributed by atoms with Crippen LogP contribution in [0.1, 0.15) is 97.8 Å². The summed E-state index contributed by atoms with van der Waals surface area (Å²) in [5.74, 6) is 1.88. The Morgan fingerprint density at radius 3 is 1.51 bits per heavy atom. The van der Waals surface area contributed by atoms with Gasteiger partial charge in [-0.15, -0.1) is 24.8 Å². The van der Waals surface area contributed by atoms with E-state index in [0.717, 1.165) is 50.3 Å². The normalized spacial score (nSPS) is 22.6. The minimum Gasteiger partial charge on any atom is -0.490 e. The van der Waals surface area contributed by atoms with Crippen LogP contribution in [0, 0.1) is 10.8 Å². The van der Waals surface area contributed by atoms with Gasteiger partial charge in [0.2, 0.25) is 0 Å². The summed E-state index contributed by atoms with van der Waals surface area (Å²) in [6.07, 6.45) is 22.2. The largest absolute Gasteiger partial charge is 0.490 e. The van der Waals surface area contributed by atoms with Crippen LogP contribution >= 0.6 is 24.8 Å². The smallest absolute Gasteiger partial charge is 0.410 e. The van der Waals surface area contributed by atoms with Gasteiger partial charge in [-0.1, -0.05) is 0 Å². The van der Waals surface area contributed by atoms with Crippen LogP contribution in [0.3, 0.4) is 0 Å². The molecule has 0 bridgehead atoms. The maximum atomic E-state index is 12.2. The summed E-state index contributed by atoms with van der Waals surface area (Å²) in [5.41, 5.74) is 0.592. The second-order valence-electron chi connectivity index (χ2n) is 14.2. The molecule has 6 rings (SSSR count). The van der Waals surface area contributed by atoms with E-state index in [1.807, 2.05) is 49.9 Å². The molecule has 4 aliphatic rings. The van der Waals surface area contributed by atoms with Crippen LogP contribution in [0.15, 0.2) is 49.1 Å². The van der Waals surface area contributed by atoms with Crippen LogP contribution in [0.4, 0.5) is 4.79 Å². The van der Waals surface area contributed by atoms with Gasteiger partial charge in [-0.3, -0.25) is 9.97 Å². The van der Waals surface area contributed by atoms with Crippen LogP contribution in [0.5, 0.6) is 11.5 Å². The molecule has 4 fully saturated rings. The van der Waals surface area contributed by atoms with Gasteiger partial charge in [0, 0.05) is 37.9 Å². The van der Waals surface area contributed by atoms with Gasteiger partial charge in [-0.05, 0) is 146 Å². The minimum atomic E-state index is -0.422. The summed E-state index contributed by atoms with van der Waals surface area (Å²) in [5, 5.41) is 3.47. The lowest BCUT2D eigenvalue weighted by molar-refractivity contribution is -0.00466. The molecule has 2 saturated heterocycles. The van der Waals surface area contributed by atoms with E-state index < -0.39 is 5.60 Å². The molecule has 8 nitrogen and oxygen atoms in total. The quantitative estimate of drug-likeness (QED) is 0.354. The zero-order valence-corrected chi connectivity index (χ0v) is 29.0. The molecule has 0 radical (unpaired) electrons. The van der Waals surface area contributed by atoms with Crippen molar-refractivity contribution in [2.45, 2.75) is 116 Å². The van der Waals surface area contributed by atoms with E-state index >= 15 is 0 Å². The van der Waals surface area contributed by atoms with Gasteiger partial charge in [-0.2, -0.15) is 0 Å². The zero-order valence-electron chi connectivity index (χ0n) is 27.4. The number of amides is 1. The standard InChI is InChI=1S/C20H30N2O3.C15H22N2O.2ClH/c1-19(2,3)25-18(23)22-14-10-20(11-15-22)8-4-16(5-9-20)24-17-6-12-21-13-7-17;1-5-15(7-11-17-12-8-15)6-2-13(1)18-14-3-9-16-10-4-14;;/h6-7,12-13,16H,4-5,8-11,14-15H2,1-3H3;3-4,9-10,13,17H,1-2,5-8,11-12H2;2*1H. The number of piperidine rings is 2. The molecule has 45 heavy (non-hydrogen) atoms. The monoisotopic (exact) mass is 664 g/mol. The lowest BCUT2D eigenvalue weighted by atomic mass is 9.67. The van der Waals surface area contributed by atoms with E-state index in [9.17, 15) is 4.79 Å². The van der Waals surface area contributed by atoms with Crippen molar-refractivity contribution in [1.29, 1.82) is 0 Å². The number of rotatable bonds is 4. The Labute approximate surface area is 282 Å². The molecule has 2 aliphatic carbocycles. The molecular formula is C35H54Cl2N4O4. The third kappa shape index (κ3) is 11.2. The maximum absolute atomic E-state index is 12.2. The summed E-state index contributed by atoms with van der Waals surface area (Å²) in [6.45, 7) is 9.78. The molecule has 2 aliphatic heterocycles. The van der Waals surface area contributed by atoms with Crippen molar-refractivity contribution in [1.82, 2.24) is 20.2 Å². The second kappa shape index (κ2) is 17.0. The van der Waals surface area contributed by atoms with Crippen LogP contribution in [-0.2, 0) is 4.74 Å². The number of nitrogens with zero attached hydrogens (tertiary/aromatic N) is 3. The summed E-state index contributed by atoms with van der Waals surface area (Å²) in [7, 11) is 0. The zero-order chi connectivity index (χ0) is 30.2. The van der Waals surface area contributed by atoms with E-state index in [1.54, 1.807) is 24.8 Å². The van der Waals surface area contributed by atoms with Crippen LogP contribution < -0.4 is 14.8 Å². The second-order valence-corrected chi connectivity index (χ2v) is 14.2. The predicted octanol–water partition coefficient (Wildman–Crippen LogP) is 8.04. The molecule has 1 amide bonds.